The molecule has 0 aliphatic heterocycles. The topological polar surface area (TPSA) is 29.5 Å². The third-order valence-corrected chi connectivity index (χ3v) is 2.26. The second-order valence-corrected chi connectivity index (χ2v) is 3.04. The van der Waals surface area contributed by atoms with Crippen LogP contribution in [-0.4, -0.2) is 17.8 Å². The molecule has 13 heavy (non-hydrogen) atoms. The minimum atomic E-state index is -0.333. The Morgan fingerprint density at radius 2 is 2.08 bits per heavy atom. The summed E-state index contributed by atoms with van der Waals surface area (Å²) in [5.41, 5.74) is 0.851. The molecule has 70 valence electrons. The first kappa shape index (κ1) is 10.3. The molecule has 0 aromatic heterocycles. The third kappa shape index (κ3) is 2.58. The Labute approximate surface area is 90.8 Å². The summed E-state index contributed by atoms with van der Waals surface area (Å²) in [5.74, 6) is 0. The monoisotopic (exact) mass is 291 g/mol. The van der Waals surface area contributed by atoms with Crippen LogP contribution in [0.15, 0.2) is 30.3 Å². The lowest BCUT2D eigenvalue weighted by atomic mass is 10.3. The average molecular weight is 291 g/mol. The Morgan fingerprint density at radius 3 is 2.54 bits per heavy atom. The zero-order chi connectivity index (χ0) is 9.68. The van der Waals surface area contributed by atoms with Crippen molar-refractivity contribution in [2.24, 2.45) is 0 Å². The summed E-state index contributed by atoms with van der Waals surface area (Å²) in [5, 5.41) is 0. The van der Waals surface area contributed by atoms with Crippen molar-refractivity contribution in [2.45, 2.75) is 0 Å². The van der Waals surface area contributed by atoms with Gasteiger partial charge in [0, 0.05) is 5.69 Å². The van der Waals surface area contributed by atoms with Gasteiger partial charge >= 0.3 is 6.09 Å². The van der Waals surface area contributed by atoms with Gasteiger partial charge in [0.05, 0.1) is 11.7 Å². The lowest BCUT2D eigenvalue weighted by molar-refractivity contribution is 0.180. The van der Waals surface area contributed by atoms with E-state index in [2.05, 4.69) is 27.3 Å². The van der Waals surface area contributed by atoms with Gasteiger partial charge in [-0.1, -0.05) is 40.8 Å². The minimum absolute atomic E-state index is 0.333. The summed E-state index contributed by atoms with van der Waals surface area (Å²) >= 11 is 2.12. The largest absolute Gasteiger partial charge is 0.452 e. The van der Waals surface area contributed by atoms with E-state index in [0.29, 0.717) is 4.55 Å². The second kappa shape index (κ2) is 5.06. The lowest BCUT2D eigenvalue weighted by Gasteiger charge is -2.17. The van der Waals surface area contributed by atoms with E-state index in [-0.39, 0.29) is 6.09 Å². The first-order valence-corrected chi connectivity index (χ1v) is 5.28. The van der Waals surface area contributed by atoms with Crippen molar-refractivity contribution < 1.29 is 9.53 Å². The Kier molecular flexibility index (Phi) is 4.01. The molecule has 1 aromatic carbocycles. The maximum absolute atomic E-state index is 11.2. The van der Waals surface area contributed by atoms with Crippen LogP contribution in [-0.2, 0) is 4.74 Å². The molecule has 0 spiro atoms. The van der Waals surface area contributed by atoms with Gasteiger partial charge in [-0.25, -0.2) is 4.79 Å². The Morgan fingerprint density at radius 1 is 1.46 bits per heavy atom. The van der Waals surface area contributed by atoms with E-state index < -0.39 is 0 Å². The molecule has 0 heterocycles. The van der Waals surface area contributed by atoms with E-state index in [0.717, 1.165) is 5.69 Å². The van der Waals surface area contributed by atoms with Crippen LogP contribution in [0.3, 0.4) is 0 Å². The molecule has 3 nitrogen and oxygen atoms in total. The highest BCUT2D eigenvalue weighted by molar-refractivity contribution is 14.1. The second-order valence-electron chi connectivity index (χ2n) is 2.35. The summed E-state index contributed by atoms with van der Waals surface area (Å²) in [6.07, 6.45) is -0.333. The Hall–Kier alpha value is -0.780. The molecule has 1 aromatic rings. The summed E-state index contributed by atoms with van der Waals surface area (Å²) in [6, 6.07) is 9.42. The van der Waals surface area contributed by atoms with Gasteiger partial charge in [0.15, 0.2) is 0 Å². The fourth-order valence-corrected chi connectivity index (χ4v) is 1.61. The Balaban J connectivity index is 2.85. The van der Waals surface area contributed by atoms with E-state index in [1.54, 1.807) is 4.90 Å². The van der Waals surface area contributed by atoms with Gasteiger partial charge in [0.25, 0.3) is 0 Å². The molecule has 4 heteroatoms. The fraction of sp³-hybridized carbons (Fsp3) is 0.222. The molecule has 0 aliphatic carbocycles. The summed E-state index contributed by atoms with van der Waals surface area (Å²) < 4.78 is 5.22. The van der Waals surface area contributed by atoms with Crippen molar-refractivity contribution in [3.8, 4) is 0 Å². The number of benzene rings is 1. The molecule has 0 atom stereocenters. The number of anilines is 1. The molecule has 1 amide bonds. The molecule has 0 bridgehead atoms. The average Bonchev–Trinajstić information content (AvgIpc) is 2.20. The van der Waals surface area contributed by atoms with Crippen molar-refractivity contribution in [1.82, 2.24) is 0 Å². The minimum Gasteiger partial charge on any atom is -0.452 e. The highest BCUT2D eigenvalue weighted by Gasteiger charge is 2.13. The lowest BCUT2D eigenvalue weighted by Crippen LogP contribution is -2.28. The third-order valence-electron chi connectivity index (χ3n) is 1.58. The van der Waals surface area contributed by atoms with Crippen molar-refractivity contribution in [1.29, 1.82) is 0 Å². The number of para-hydroxylation sites is 1. The number of carbonyl (C=O) groups excluding carboxylic acids is 1. The van der Waals surface area contributed by atoms with Crippen LogP contribution in [0.4, 0.5) is 10.5 Å². The van der Waals surface area contributed by atoms with Gasteiger partial charge in [0.1, 0.15) is 0 Å². The summed E-state index contributed by atoms with van der Waals surface area (Å²) in [7, 11) is 1.38. The van der Waals surface area contributed by atoms with Crippen LogP contribution in [0.25, 0.3) is 0 Å². The maximum atomic E-state index is 11.2. The first-order valence-electron chi connectivity index (χ1n) is 3.76. The predicted molar refractivity (Wildman–Crippen MR) is 60.2 cm³/mol. The van der Waals surface area contributed by atoms with Crippen LogP contribution in [0, 0.1) is 0 Å². The number of hydrogen-bond donors (Lipinski definition) is 0. The van der Waals surface area contributed by atoms with Gasteiger partial charge in [0.2, 0.25) is 0 Å². The highest BCUT2D eigenvalue weighted by Crippen LogP contribution is 2.15. The number of ether oxygens (including phenoxy) is 1. The highest BCUT2D eigenvalue weighted by atomic mass is 127. The maximum Gasteiger partial charge on any atom is 0.414 e. The number of alkyl halides is 1. The van der Waals surface area contributed by atoms with Crippen LogP contribution in [0.2, 0.25) is 0 Å². The molecule has 0 saturated heterocycles. The van der Waals surface area contributed by atoms with Gasteiger partial charge in [-0.15, -0.1) is 0 Å². The van der Waals surface area contributed by atoms with Crippen molar-refractivity contribution >= 4 is 34.4 Å². The standard InChI is InChI=1S/C9H10INO2/c1-13-9(12)11(7-10)8-5-3-2-4-6-8/h2-6H,7H2,1H3. The zero-order valence-electron chi connectivity index (χ0n) is 7.24. The van der Waals surface area contributed by atoms with Gasteiger partial charge in [-0.05, 0) is 12.1 Å². The van der Waals surface area contributed by atoms with E-state index in [1.165, 1.54) is 7.11 Å². The van der Waals surface area contributed by atoms with Crippen LogP contribution >= 0.6 is 22.6 Å². The smallest absolute Gasteiger partial charge is 0.414 e. The van der Waals surface area contributed by atoms with Crippen LogP contribution in [0.5, 0.6) is 0 Å². The number of hydrogen-bond acceptors (Lipinski definition) is 2. The van der Waals surface area contributed by atoms with Gasteiger partial charge in [-0.3, -0.25) is 4.90 Å². The van der Waals surface area contributed by atoms with E-state index in [1.807, 2.05) is 30.3 Å². The van der Waals surface area contributed by atoms with Crippen molar-refractivity contribution in [3.05, 3.63) is 30.3 Å². The number of methoxy groups -OCH3 is 1. The van der Waals surface area contributed by atoms with Crippen LogP contribution in [0.1, 0.15) is 0 Å². The normalized spacial score (nSPS) is 9.38. The van der Waals surface area contributed by atoms with Crippen molar-refractivity contribution in [2.75, 3.05) is 16.6 Å². The molecule has 0 N–H and O–H groups in total. The number of rotatable bonds is 2. The van der Waals surface area contributed by atoms with Gasteiger partial charge < -0.3 is 4.74 Å². The number of nitrogens with zero attached hydrogens (tertiary/aromatic N) is 1. The van der Waals surface area contributed by atoms with Gasteiger partial charge in [-0.2, -0.15) is 0 Å². The van der Waals surface area contributed by atoms with E-state index >= 15 is 0 Å². The zero-order valence-corrected chi connectivity index (χ0v) is 9.39. The summed E-state index contributed by atoms with van der Waals surface area (Å²) in [4.78, 5) is 12.8. The van der Waals surface area contributed by atoms with E-state index in [9.17, 15) is 4.79 Å². The molecule has 0 fully saturated rings. The predicted octanol–water partition coefficient (Wildman–Crippen LogP) is 2.65. The quantitative estimate of drug-likeness (QED) is 0.476. The molecular formula is C9H10INO2. The molecule has 0 aliphatic rings. The van der Waals surface area contributed by atoms with E-state index in [4.69, 9.17) is 0 Å². The molecule has 0 saturated carbocycles. The Bertz CT molecular complexity index is 276. The molecule has 0 unspecified atom stereocenters. The SMILES string of the molecule is COC(=O)N(CI)c1ccccc1. The number of amides is 1. The molecule has 0 radical (unpaired) electrons. The molecular weight excluding hydrogens is 281 g/mol. The summed E-state index contributed by atoms with van der Waals surface area (Å²) in [6.45, 7) is 0. The fourth-order valence-electron chi connectivity index (χ4n) is 0.941. The van der Waals surface area contributed by atoms with Crippen LogP contribution < -0.4 is 4.90 Å². The molecule has 1 rings (SSSR count). The number of halogens is 1. The number of carbonyl (C=O) groups is 1. The first-order chi connectivity index (χ1) is 6.29. The van der Waals surface area contributed by atoms with Crippen molar-refractivity contribution in [3.63, 3.8) is 0 Å².